The Kier molecular flexibility index (Phi) is 3.48. The Morgan fingerprint density at radius 2 is 2.23 bits per heavy atom. The summed E-state index contributed by atoms with van der Waals surface area (Å²) in [5.41, 5.74) is 2.02. The van der Waals surface area contributed by atoms with E-state index in [9.17, 15) is 4.79 Å². The van der Waals surface area contributed by atoms with Gasteiger partial charge < -0.3 is 9.53 Å². The SMILES string of the molecule is COc1cc(C)c(Br)cc1CC=O. The summed E-state index contributed by atoms with van der Waals surface area (Å²) in [6.45, 7) is 1.98. The molecule has 0 saturated heterocycles. The Hall–Kier alpha value is -0.830. The quantitative estimate of drug-likeness (QED) is 0.762. The summed E-state index contributed by atoms with van der Waals surface area (Å²) in [4.78, 5) is 10.4. The van der Waals surface area contributed by atoms with Gasteiger partial charge in [0.2, 0.25) is 0 Å². The van der Waals surface area contributed by atoms with E-state index in [0.29, 0.717) is 6.42 Å². The van der Waals surface area contributed by atoms with Crippen LogP contribution >= 0.6 is 15.9 Å². The molecule has 0 aliphatic heterocycles. The van der Waals surface area contributed by atoms with Crippen molar-refractivity contribution in [2.45, 2.75) is 13.3 Å². The minimum Gasteiger partial charge on any atom is -0.496 e. The third-order valence-corrected chi connectivity index (χ3v) is 2.72. The summed E-state index contributed by atoms with van der Waals surface area (Å²) in [6, 6.07) is 3.84. The highest BCUT2D eigenvalue weighted by Crippen LogP contribution is 2.26. The van der Waals surface area contributed by atoms with E-state index in [2.05, 4.69) is 15.9 Å². The van der Waals surface area contributed by atoms with E-state index in [-0.39, 0.29) is 0 Å². The van der Waals surface area contributed by atoms with Gasteiger partial charge >= 0.3 is 0 Å². The number of methoxy groups -OCH3 is 1. The van der Waals surface area contributed by atoms with Crippen molar-refractivity contribution in [1.82, 2.24) is 0 Å². The minimum absolute atomic E-state index is 0.391. The first kappa shape index (κ1) is 10.3. The number of ether oxygens (including phenoxy) is 1. The fourth-order valence-corrected chi connectivity index (χ4v) is 1.53. The molecule has 0 fully saturated rings. The van der Waals surface area contributed by atoms with Crippen molar-refractivity contribution in [3.05, 3.63) is 27.7 Å². The Balaban J connectivity index is 3.15. The van der Waals surface area contributed by atoms with E-state index in [1.165, 1.54) is 0 Å². The predicted octanol–water partition coefficient (Wildman–Crippen LogP) is 2.51. The van der Waals surface area contributed by atoms with E-state index >= 15 is 0 Å². The van der Waals surface area contributed by atoms with Crippen molar-refractivity contribution in [1.29, 1.82) is 0 Å². The summed E-state index contributed by atoms with van der Waals surface area (Å²) in [6.07, 6.45) is 1.27. The summed E-state index contributed by atoms with van der Waals surface area (Å²) < 4.78 is 6.16. The molecule has 0 aromatic heterocycles. The first-order valence-electron chi connectivity index (χ1n) is 3.95. The zero-order chi connectivity index (χ0) is 9.84. The van der Waals surface area contributed by atoms with Gasteiger partial charge in [-0.3, -0.25) is 0 Å². The lowest BCUT2D eigenvalue weighted by Gasteiger charge is -2.08. The van der Waals surface area contributed by atoms with E-state index in [4.69, 9.17) is 4.74 Å². The van der Waals surface area contributed by atoms with Crippen LogP contribution in [0.25, 0.3) is 0 Å². The Labute approximate surface area is 86.0 Å². The fraction of sp³-hybridized carbons (Fsp3) is 0.300. The topological polar surface area (TPSA) is 26.3 Å². The molecule has 1 aromatic rings. The minimum atomic E-state index is 0.391. The number of benzene rings is 1. The standard InChI is InChI=1S/C10H11BrO2/c1-7-5-10(13-2)8(3-4-12)6-9(7)11/h4-6H,3H2,1-2H3. The van der Waals surface area contributed by atoms with Gasteiger partial charge in [0.05, 0.1) is 7.11 Å². The highest BCUT2D eigenvalue weighted by Gasteiger charge is 2.05. The third kappa shape index (κ3) is 2.31. The Morgan fingerprint density at radius 1 is 1.54 bits per heavy atom. The van der Waals surface area contributed by atoms with Gasteiger partial charge in [-0.25, -0.2) is 0 Å². The van der Waals surface area contributed by atoms with Crippen molar-refractivity contribution < 1.29 is 9.53 Å². The van der Waals surface area contributed by atoms with Crippen molar-refractivity contribution in [2.24, 2.45) is 0 Å². The molecule has 1 aromatic carbocycles. The number of carbonyl (C=O) groups excluding carboxylic acids is 1. The third-order valence-electron chi connectivity index (χ3n) is 1.86. The molecular weight excluding hydrogens is 232 g/mol. The summed E-state index contributed by atoms with van der Waals surface area (Å²) in [5, 5.41) is 0. The van der Waals surface area contributed by atoms with Gasteiger partial charge in [-0.05, 0) is 24.6 Å². The average molecular weight is 243 g/mol. The fourth-order valence-electron chi connectivity index (χ4n) is 1.14. The molecule has 0 aliphatic rings. The van der Waals surface area contributed by atoms with Gasteiger partial charge in [-0.15, -0.1) is 0 Å². The normalized spacial score (nSPS) is 9.77. The highest BCUT2D eigenvalue weighted by molar-refractivity contribution is 9.10. The van der Waals surface area contributed by atoms with E-state index in [1.54, 1.807) is 7.11 Å². The van der Waals surface area contributed by atoms with Crippen molar-refractivity contribution in [2.75, 3.05) is 7.11 Å². The van der Waals surface area contributed by atoms with Gasteiger partial charge in [-0.1, -0.05) is 15.9 Å². The Morgan fingerprint density at radius 3 is 2.77 bits per heavy atom. The summed E-state index contributed by atoms with van der Waals surface area (Å²) in [7, 11) is 1.61. The number of halogens is 1. The van der Waals surface area contributed by atoms with Crippen LogP contribution in [0.5, 0.6) is 5.75 Å². The molecule has 0 saturated carbocycles. The van der Waals surface area contributed by atoms with Crippen LogP contribution in [0.1, 0.15) is 11.1 Å². The molecule has 0 radical (unpaired) electrons. The lowest BCUT2D eigenvalue weighted by Crippen LogP contribution is -1.94. The number of aryl methyl sites for hydroxylation is 1. The van der Waals surface area contributed by atoms with Gasteiger partial charge in [0.1, 0.15) is 12.0 Å². The van der Waals surface area contributed by atoms with E-state index < -0.39 is 0 Å². The molecule has 0 aliphatic carbocycles. The van der Waals surface area contributed by atoms with Crippen LogP contribution in [0.2, 0.25) is 0 Å². The van der Waals surface area contributed by atoms with Gasteiger partial charge in [-0.2, -0.15) is 0 Å². The van der Waals surface area contributed by atoms with Gasteiger partial charge in [0.15, 0.2) is 0 Å². The van der Waals surface area contributed by atoms with Crippen LogP contribution in [-0.2, 0) is 11.2 Å². The maximum absolute atomic E-state index is 10.4. The number of hydrogen-bond acceptors (Lipinski definition) is 2. The lowest BCUT2D eigenvalue weighted by molar-refractivity contribution is -0.107. The monoisotopic (exact) mass is 242 g/mol. The van der Waals surface area contributed by atoms with Crippen molar-refractivity contribution in [3.8, 4) is 5.75 Å². The molecule has 0 atom stereocenters. The number of rotatable bonds is 3. The van der Waals surface area contributed by atoms with Crippen LogP contribution in [0.3, 0.4) is 0 Å². The molecule has 2 nitrogen and oxygen atoms in total. The van der Waals surface area contributed by atoms with Crippen LogP contribution in [0.15, 0.2) is 16.6 Å². The van der Waals surface area contributed by atoms with E-state index in [0.717, 1.165) is 27.6 Å². The van der Waals surface area contributed by atoms with Crippen LogP contribution < -0.4 is 4.74 Å². The van der Waals surface area contributed by atoms with Crippen LogP contribution in [-0.4, -0.2) is 13.4 Å². The molecule has 13 heavy (non-hydrogen) atoms. The predicted molar refractivity (Wildman–Crippen MR) is 55.2 cm³/mol. The van der Waals surface area contributed by atoms with Crippen LogP contribution in [0, 0.1) is 6.92 Å². The molecule has 70 valence electrons. The zero-order valence-electron chi connectivity index (χ0n) is 7.63. The smallest absolute Gasteiger partial charge is 0.124 e. The maximum Gasteiger partial charge on any atom is 0.124 e. The number of hydrogen-bond donors (Lipinski definition) is 0. The largest absolute Gasteiger partial charge is 0.496 e. The molecule has 0 heterocycles. The summed E-state index contributed by atoms with van der Waals surface area (Å²) >= 11 is 3.41. The molecule has 0 spiro atoms. The number of aldehydes is 1. The van der Waals surface area contributed by atoms with Gasteiger partial charge in [0, 0.05) is 16.5 Å². The molecule has 0 unspecified atom stereocenters. The second-order valence-corrected chi connectivity index (χ2v) is 3.64. The maximum atomic E-state index is 10.4. The van der Waals surface area contributed by atoms with Crippen molar-refractivity contribution in [3.63, 3.8) is 0 Å². The highest BCUT2D eigenvalue weighted by atomic mass is 79.9. The Bertz CT molecular complexity index is 321. The molecule has 0 bridgehead atoms. The lowest BCUT2D eigenvalue weighted by atomic mass is 10.1. The molecule has 0 amide bonds. The first-order valence-corrected chi connectivity index (χ1v) is 4.75. The molecular formula is C10H11BrO2. The second-order valence-electron chi connectivity index (χ2n) is 2.78. The first-order chi connectivity index (χ1) is 6.19. The molecule has 1 rings (SSSR count). The average Bonchev–Trinajstić information content (AvgIpc) is 2.11. The molecule has 0 N–H and O–H groups in total. The zero-order valence-corrected chi connectivity index (χ0v) is 9.22. The van der Waals surface area contributed by atoms with E-state index in [1.807, 2.05) is 19.1 Å². The van der Waals surface area contributed by atoms with Crippen LogP contribution in [0.4, 0.5) is 0 Å². The van der Waals surface area contributed by atoms with Crippen molar-refractivity contribution >= 4 is 22.2 Å². The second kappa shape index (κ2) is 4.42. The van der Waals surface area contributed by atoms with Gasteiger partial charge in [0.25, 0.3) is 0 Å². The molecule has 3 heteroatoms. The summed E-state index contributed by atoms with van der Waals surface area (Å²) in [5.74, 6) is 0.771. The number of carbonyl (C=O) groups is 1.